The lowest BCUT2D eigenvalue weighted by molar-refractivity contribution is -0.122. The normalized spacial score (nSPS) is 16.0. The third kappa shape index (κ3) is 6.30. The van der Waals surface area contributed by atoms with Crippen molar-refractivity contribution in [2.75, 3.05) is 13.7 Å². The smallest absolute Gasteiger partial charge is 0.284 e. The van der Waals surface area contributed by atoms with Crippen LogP contribution in [0, 0.1) is 0 Å². The number of nitrogens with zero attached hydrogens (tertiary/aromatic N) is 2. The third-order valence-electron chi connectivity index (χ3n) is 5.34. The van der Waals surface area contributed by atoms with Crippen LogP contribution in [0.3, 0.4) is 0 Å². The van der Waals surface area contributed by atoms with Gasteiger partial charge in [-0.05, 0) is 72.8 Å². The largest absolute Gasteiger partial charge is 0.493 e. The van der Waals surface area contributed by atoms with Crippen molar-refractivity contribution in [3.63, 3.8) is 0 Å². The van der Waals surface area contributed by atoms with Gasteiger partial charge in [0.15, 0.2) is 16.7 Å². The lowest BCUT2D eigenvalue weighted by Gasteiger charge is -2.12. The van der Waals surface area contributed by atoms with E-state index in [2.05, 4.69) is 4.40 Å². The Kier molecular flexibility index (Phi) is 8.49. The van der Waals surface area contributed by atoms with Crippen LogP contribution in [0.2, 0.25) is 10.0 Å². The summed E-state index contributed by atoms with van der Waals surface area (Å²) in [6, 6.07) is 18.3. The number of amides is 1. The van der Waals surface area contributed by atoms with E-state index in [9.17, 15) is 13.2 Å². The Labute approximate surface area is 229 Å². The van der Waals surface area contributed by atoms with Crippen LogP contribution in [0.5, 0.6) is 11.5 Å². The number of thioether (sulfide) groups is 1. The molecule has 0 unspecified atom stereocenters. The number of halogens is 2. The van der Waals surface area contributed by atoms with Gasteiger partial charge in [0.25, 0.3) is 15.9 Å². The number of carbonyl (C=O) groups excluding carboxylic acids is 1. The van der Waals surface area contributed by atoms with Gasteiger partial charge in [0, 0.05) is 22.2 Å². The van der Waals surface area contributed by atoms with Crippen LogP contribution in [0.25, 0.3) is 6.08 Å². The fraction of sp³-hybridized carbons (Fsp3) is 0.154. The Balaban J connectivity index is 1.61. The first-order valence-corrected chi connectivity index (χ1v) is 14.1. The van der Waals surface area contributed by atoms with Crippen LogP contribution >= 0.6 is 35.0 Å². The zero-order chi connectivity index (χ0) is 26.6. The number of ether oxygens (including phenoxy) is 2. The van der Waals surface area contributed by atoms with Gasteiger partial charge < -0.3 is 9.47 Å². The molecular formula is C26H22Cl2N2O5S2. The molecule has 0 N–H and O–H groups in total. The van der Waals surface area contributed by atoms with Crippen LogP contribution in [0.4, 0.5) is 0 Å². The molecule has 1 fully saturated rings. The molecule has 1 aliphatic heterocycles. The Morgan fingerprint density at radius 2 is 1.76 bits per heavy atom. The molecule has 37 heavy (non-hydrogen) atoms. The molecule has 4 rings (SSSR count). The number of hydrogen-bond acceptors (Lipinski definition) is 6. The van der Waals surface area contributed by atoms with E-state index < -0.39 is 10.0 Å². The molecule has 0 bridgehead atoms. The Bertz CT molecular complexity index is 1490. The van der Waals surface area contributed by atoms with Gasteiger partial charge in [0.05, 0.1) is 16.9 Å². The molecule has 1 saturated heterocycles. The van der Waals surface area contributed by atoms with E-state index in [4.69, 9.17) is 32.7 Å². The Morgan fingerprint density at radius 3 is 2.43 bits per heavy atom. The van der Waals surface area contributed by atoms with Crippen molar-refractivity contribution in [2.24, 2.45) is 4.40 Å². The highest BCUT2D eigenvalue weighted by atomic mass is 35.5. The first-order chi connectivity index (χ1) is 17.7. The maximum absolute atomic E-state index is 13.0. The van der Waals surface area contributed by atoms with E-state index in [1.54, 1.807) is 37.3 Å². The maximum atomic E-state index is 13.0. The lowest BCUT2D eigenvalue weighted by atomic mass is 10.1. The number of sulfonamides is 1. The van der Waals surface area contributed by atoms with Gasteiger partial charge in [0.2, 0.25) is 0 Å². The Hall–Kier alpha value is -2.98. The molecule has 0 aromatic heterocycles. The molecule has 11 heteroatoms. The highest BCUT2D eigenvalue weighted by Crippen LogP contribution is 2.36. The van der Waals surface area contributed by atoms with Crippen molar-refractivity contribution < 1.29 is 22.7 Å². The number of carbonyl (C=O) groups is 1. The molecule has 0 atom stereocenters. The molecule has 192 valence electrons. The minimum Gasteiger partial charge on any atom is -0.493 e. The van der Waals surface area contributed by atoms with Gasteiger partial charge in [-0.25, -0.2) is 0 Å². The molecule has 1 amide bonds. The van der Waals surface area contributed by atoms with Crippen molar-refractivity contribution >= 4 is 62.1 Å². The zero-order valence-electron chi connectivity index (χ0n) is 19.9. The summed E-state index contributed by atoms with van der Waals surface area (Å²) in [6.07, 6.45) is 1.66. The van der Waals surface area contributed by atoms with Crippen molar-refractivity contribution in [1.29, 1.82) is 0 Å². The van der Waals surface area contributed by atoms with E-state index in [0.29, 0.717) is 32.0 Å². The second-order valence-electron chi connectivity index (χ2n) is 7.75. The Morgan fingerprint density at radius 1 is 1.03 bits per heavy atom. The van der Waals surface area contributed by atoms with E-state index in [-0.39, 0.29) is 29.1 Å². The molecule has 0 aliphatic carbocycles. The van der Waals surface area contributed by atoms with Gasteiger partial charge >= 0.3 is 0 Å². The third-order valence-corrected chi connectivity index (χ3v) is 8.36. The van der Waals surface area contributed by atoms with Crippen LogP contribution < -0.4 is 9.47 Å². The monoisotopic (exact) mass is 576 g/mol. The summed E-state index contributed by atoms with van der Waals surface area (Å²) < 4.78 is 40.9. The number of benzene rings is 3. The predicted octanol–water partition coefficient (Wildman–Crippen LogP) is 6.26. The van der Waals surface area contributed by atoms with Crippen molar-refractivity contribution in [3.05, 3.63) is 92.8 Å². The first-order valence-electron chi connectivity index (χ1n) is 11.1. The van der Waals surface area contributed by atoms with Gasteiger partial charge in [0.1, 0.15) is 6.61 Å². The van der Waals surface area contributed by atoms with E-state index in [1.807, 2.05) is 18.2 Å². The summed E-state index contributed by atoms with van der Waals surface area (Å²) in [5.74, 6) is 0.650. The molecule has 1 aliphatic rings. The second-order valence-corrected chi connectivity index (χ2v) is 11.2. The lowest BCUT2D eigenvalue weighted by Crippen LogP contribution is -2.29. The summed E-state index contributed by atoms with van der Waals surface area (Å²) in [7, 11) is -2.50. The summed E-state index contributed by atoms with van der Waals surface area (Å²) in [6.45, 7) is 2.24. The molecular weight excluding hydrogens is 555 g/mol. The minimum atomic E-state index is -4.04. The molecule has 0 saturated carbocycles. The molecule has 3 aromatic carbocycles. The number of hydrogen-bond donors (Lipinski definition) is 0. The van der Waals surface area contributed by atoms with Gasteiger partial charge in [-0.1, -0.05) is 47.5 Å². The van der Waals surface area contributed by atoms with E-state index in [0.717, 1.165) is 17.3 Å². The molecule has 0 spiro atoms. The average Bonchev–Trinajstić information content (AvgIpc) is 3.16. The van der Waals surface area contributed by atoms with Gasteiger partial charge in [-0.3, -0.25) is 9.69 Å². The van der Waals surface area contributed by atoms with Gasteiger partial charge in [-0.2, -0.15) is 8.42 Å². The van der Waals surface area contributed by atoms with Crippen LogP contribution in [0.1, 0.15) is 18.1 Å². The van der Waals surface area contributed by atoms with E-state index >= 15 is 0 Å². The number of methoxy groups -OCH3 is 1. The zero-order valence-corrected chi connectivity index (χ0v) is 23.0. The minimum absolute atomic E-state index is 0.0126. The maximum Gasteiger partial charge on any atom is 0.284 e. The summed E-state index contributed by atoms with van der Waals surface area (Å²) in [5, 5.41) is 1.08. The number of likely N-dealkylation sites (N-methyl/N-ethyl adjacent to an activating group) is 1. The summed E-state index contributed by atoms with van der Waals surface area (Å²) >= 11 is 13.1. The molecule has 3 aromatic rings. The van der Waals surface area contributed by atoms with E-state index in [1.165, 1.54) is 36.3 Å². The van der Waals surface area contributed by atoms with Gasteiger partial charge in [-0.15, -0.1) is 4.40 Å². The summed E-state index contributed by atoms with van der Waals surface area (Å²) in [5.41, 5.74) is 1.49. The SMILES string of the molecule is CCN1C(=O)C(=Cc2ccc(OC)c(OCc3ccccc3Cl)c2)SC1=NS(=O)(=O)c1ccc(Cl)cc1. The second kappa shape index (κ2) is 11.6. The fourth-order valence-electron chi connectivity index (χ4n) is 3.44. The van der Waals surface area contributed by atoms with Crippen molar-refractivity contribution in [3.8, 4) is 11.5 Å². The van der Waals surface area contributed by atoms with Crippen molar-refractivity contribution in [1.82, 2.24) is 4.90 Å². The van der Waals surface area contributed by atoms with Crippen LogP contribution in [0.15, 0.2) is 80.9 Å². The highest BCUT2D eigenvalue weighted by Gasteiger charge is 2.34. The number of amidine groups is 1. The van der Waals surface area contributed by atoms with Crippen LogP contribution in [-0.2, 0) is 21.4 Å². The topological polar surface area (TPSA) is 85.3 Å². The molecule has 7 nitrogen and oxygen atoms in total. The molecule has 0 radical (unpaired) electrons. The quantitative estimate of drug-likeness (QED) is 0.294. The van der Waals surface area contributed by atoms with Crippen molar-refractivity contribution in [2.45, 2.75) is 18.4 Å². The summed E-state index contributed by atoms with van der Waals surface area (Å²) in [4.78, 5) is 14.7. The average molecular weight is 578 g/mol. The van der Waals surface area contributed by atoms with Crippen LogP contribution in [-0.4, -0.2) is 38.0 Å². The fourth-order valence-corrected chi connectivity index (χ4v) is 6.00. The number of rotatable bonds is 8. The standard InChI is InChI=1S/C26H22Cl2N2O5S2/c1-3-30-25(31)24(36-26(30)29-37(32,33)20-11-9-19(27)10-12-20)15-17-8-13-22(34-2)23(14-17)35-16-18-6-4-5-7-21(18)28/h4-15H,3,16H2,1-2H3. The first kappa shape index (κ1) is 27.1. The molecule has 1 heterocycles. The highest BCUT2D eigenvalue weighted by molar-refractivity contribution is 8.19. The predicted molar refractivity (Wildman–Crippen MR) is 148 cm³/mol.